The fraction of sp³-hybridized carbons (Fsp3) is 0.417. The standard InChI is InChI=1S/C24H31ClN2O3/c1-6-17(3)26-24(29)19(5)27(14-20-11-7-8-12-21(20)25)23(28)15-30-22-13-9-10-16(2)18(22)4/h7-13,17,19H,6,14-15H2,1-5H3,(H,26,29)/t17-,19+/m1/s1. The summed E-state index contributed by atoms with van der Waals surface area (Å²) in [7, 11) is 0. The van der Waals surface area contributed by atoms with Crippen molar-refractivity contribution in [1.29, 1.82) is 0 Å². The number of halogens is 1. The van der Waals surface area contributed by atoms with Gasteiger partial charge in [-0.1, -0.05) is 48.9 Å². The molecule has 2 aromatic carbocycles. The zero-order chi connectivity index (χ0) is 22.3. The van der Waals surface area contributed by atoms with Gasteiger partial charge in [-0.15, -0.1) is 0 Å². The molecule has 0 aliphatic carbocycles. The summed E-state index contributed by atoms with van der Waals surface area (Å²) in [4.78, 5) is 27.4. The molecule has 0 bridgehead atoms. The molecule has 0 saturated carbocycles. The van der Waals surface area contributed by atoms with E-state index in [1.54, 1.807) is 13.0 Å². The van der Waals surface area contributed by atoms with Crippen molar-refractivity contribution in [2.45, 2.75) is 59.7 Å². The summed E-state index contributed by atoms with van der Waals surface area (Å²) in [5.74, 6) is 0.192. The van der Waals surface area contributed by atoms with Crippen LogP contribution in [0.4, 0.5) is 0 Å². The maximum atomic E-state index is 13.1. The van der Waals surface area contributed by atoms with Crippen LogP contribution in [-0.4, -0.2) is 35.4 Å². The van der Waals surface area contributed by atoms with Gasteiger partial charge in [-0.05, 0) is 62.9 Å². The highest BCUT2D eigenvalue weighted by molar-refractivity contribution is 6.31. The van der Waals surface area contributed by atoms with Crippen molar-refractivity contribution >= 4 is 23.4 Å². The lowest BCUT2D eigenvalue weighted by molar-refractivity contribution is -0.142. The second kappa shape index (κ2) is 11.0. The van der Waals surface area contributed by atoms with Gasteiger partial charge in [-0.25, -0.2) is 0 Å². The van der Waals surface area contributed by atoms with E-state index in [1.165, 1.54) is 4.90 Å². The zero-order valence-electron chi connectivity index (χ0n) is 18.4. The summed E-state index contributed by atoms with van der Waals surface area (Å²) in [6.07, 6.45) is 0.812. The molecule has 0 fully saturated rings. The van der Waals surface area contributed by atoms with E-state index >= 15 is 0 Å². The van der Waals surface area contributed by atoms with E-state index in [4.69, 9.17) is 16.3 Å². The Morgan fingerprint density at radius 3 is 2.47 bits per heavy atom. The van der Waals surface area contributed by atoms with Crippen molar-refractivity contribution in [3.05, 3.63) is 64.2 Å². The van der Waals surface area contributed by atoms with Gasteiger partial charge in [-0.3, -0.25) is 9.59 Å². The molecule has 30 heavy (non-hydrogen) atoms. The molecule has 2 atom stereocenters. The van der Waals surface area contributed by atoms with Crippen molar-refractivity contribution in [3.8, 4) is 5.75 Å². The summed E-state index contributed by atoms with van der Waals surface area (Å²) in [6.45, 7) is 9.69. The Hall–Kier alpha value is -2.53. The van der Waals surface area contributed by atoms with E-state index in [0.29, 0.717) is 10.8 Å². The minimum Gasteiger partial charge on any atom is -0.483 e. The smallest absolute Gasteiger partial charge is 0.261 e. The molecule has 1 N–H and O–H groups in total. The van der Waals surface area contributed by atoms with E-state index in [0.717, 1.165) is 23.1 Å². The number of rotatable bonds is 9. The van der Waals surface area contributed by atoms with Crippen molar-refractivity contribution in [1.82, 2.24) is 10.2 Å². The van der Waals surface area contributed by atoms with Crippen molar-refractivity contribution in [3.63, 3.8) is 0 Å². The average Bonchev–Trinajstić information content (AvgIpc) is 2.73. The molecule has 0 saturated heterocycles. The van der Waals surface area contributed by atoms with Gasteiger partial charge in [0.25, 0.3) is 5.91 Å². The van der Waals surface area contributed by atoms with Crippen LogP contribution in [0.15, 0.2) is 42.5 Å². The normalized spacial score (nSPS) is 12.7. The minimum atomic E-state index is -0.662. The molecule has 0 radical (unpaired) electrons. The second-order valence-electron chi connectivity index (χ2n) is 7.59. The van der Waals surface area contributed by atoms with Gasteiger partial charge in [0.15, 0.2) is 6.61 Å². The highest BCUT2D eigenvalue weighted by atomic mass is 35.5. The Kier molecular flexibility index (Phi) is 8.72. The molecule has 0 aliphatic rings. The zero-order valence-corrected chi connectivity index (χ0v) is 19.1. The summed E-state index contributed by atoms with van der Waals surface area (Å²) < 4.78 is 5.80. The average molecular weight is 431 g/mol. The molecule has 0 spiro atoms. The number of hydrogen-bond acceptors (Lipinski definition) is 3. The SMILES string of the molecule is CC[C@@H](C)NC(=O)[C@H](C)N(Cc1ccccc1Cl)C(=O)COc1cccc(C)c1C. The molecule has 162 valence electrons. The summed E-state index contributed by atoms with van der Waals surface area (Å²) in [5.41, 5.74) is 2.86. The largest absolute Gasteiger partial charge is 0.483 e. The van der Waals surface area contributed by atoms with Crippen molar-refractivity contribution in [2.24, 2.45) is 0 Å². The number of carbonyl (C=O) groups excluding carboxylic acids is 2. The molecular formula is C24H31ClN2O3. The molecule has 0 unspecified atom stereocenters. The van der Waals surface area contributed by atoms with Gasteiger partial charge >= 0.3 is 0 Å². The third-order valence-corrected chi connectivity index (χ3v) is 5.74. The fourth-order valence-corrected chi connectivity index (χ4v) is 3.16. The van der Waals surface area contributed by atoms with Gasteiger partial charge in [0.05, 0.1) is 0 Å². The first kappa shape index (κ1) is 23.7. The van der Waals surface area contributed by atoms with E-state index in [2.05, 4.69) is 5.32 Å². The van der Waals surface area contributed by atoms with Crippen LogP contribution in [0, 0.1) is 13.8 Å². The summed E-state index contributed by atoms with van der Waals surface area (Å²) in [5, 5.41) is 3.50. The highest BCUT2D eigenvalue weighted by Gasteiger charge is 2.27. The van der Waals surface area contributed by atoms with Gasteiger partial charge < -0.3 is 15.0 Å². The topological polar surface area (TPSA) is 58.6 Å². The number of amides is 2. The Morgan fingerprint density at radius 2 is 1.80 bits per heavy atom. The lowest BCUT2D eigenvalue weighted by Crippen LogP contribution is -2.50. The Bertz CT molecular complexity index is 885. The molecule has 6 heteroatoms. The molecule has 2 aromatic rings. The second-order valence-corrected chi connectivity index (χ2v) is 8.00. The molecule has 5 nitrogen and oxygen atoms in total. The molecule has 2 rings (SSSR count). The Morgan fingerprint density at radius 1 is 1.10 bits per heavy atom. The van der Waals surface area contributed by atoms with E-state index in [1.807, 2.05) is 64.1 Å². The predicted octanol–water partition coefficient (Wildman–Crippen LogP) is 4.67. The number of ether oxygens (including phenoxy) is 1. The first-order chi connectivity index (χ1) is 14.2. The van der Waals surface area contributed by atoms with Gasteiger partial charge in [0.1, 0.15) is 11.8 Å². The third kappa shape index (κ3) is 6.23. The van der Waals surface area contributed by atoms with Crippen LogP contribution in [0.3, 0.4) is 0 Å². The molecule has 0 aliphatic heterocycles. The Balaban J connectivity index is 2.20. The fourth-order valence-electron chi connectivity index (χ4n) is 2.96. The van der Waals surface area contributed by atoms with Crippen LogP contribution < -0.4 is 10.1 Å². The molecule has 0 heterocycles. The van der Waals surface area contributed by atoms with Gasteiger partial charge in [-0.2, -0.15) is 0 Å². The monoisotopic (exact) mass is 430 g/mol. The van der Waals surface area contributed by atoms with Gasteiger partial charge in [0.2, 0.25) is 5.91 Å². The number of aryl methyl sites for hydroxylation is 1. The number of hydrogen-bond donors (Lipinski definition) is 1. The molecule has 2 amide bonds. The first-order valence-corrected chi connectivity index (χ1v) is 10.6. The molecular weight excluding hydrogens is 400 g/mol. The van der Waals surface area contributed by atoms with E-state index < -0.39 is 6.04 Å². The number of nitrogens with zero attached hydrogens (tertiary/aromatic N) is 1. The molecule has 0 aromatic heterocycles. The maximum absolute atomic E-state index is 13.1. The lowest BCUT2D eigenvalue weighted by Gasteiger charge is -2.30. The van der Waals surface area contributed by atoms with Crippen LogP contribution in [0.1, 0.15) is 43.9 Å². The van der Waals surface area contributed by atoms with Crippen LogP contribution in [0.2, 0.25) is 5.02 Å². The highest BCUT2D eigenvalue weighted by Crippen LogP contribution is 2.22. The van der Waals surface area contributed by atoms with Crippen molar-refractivity contribution < 1.29 is 14.3 Å². The van der Waals surface area contributed by atoms with Crippen LogP contribution in [0.25, 0.3) is 0 Å². The van der Waals surface area contributed by atoms with E-state index in [9.17, 15) is 9.59 Å². The van der Waals surface area contributed by atoms with Crippen molar-refractivity contribution in [2.75, 3.05) is 6.61 Å². The quantitative estimate of drug-likeness (QED) is 0.629. The summed E-state index contributed by atoms with van der Waals surface area (Å²) in [6, 6.07) is 12.4. The number of carbonyl (C=O) groups is 2. The van der Waals surface area contributed by atoms with Crippen LogP contribution in [-0.2, 0) is 16.1 Å². The number of nitrogens with one attached hydrogen (secondary N) is 1. The maximum Gasteiger partial charge on any atom is 0.261 e. The van der Waals surface area contributed by atoms with E-state index in [-0.39, 0.29) is 31.0 Å². The third-order valence-electron chi connectivity index (χ3n) is 5.37. The number of benzene rings is 2. The van der Waals surface area contributed by atoms with Crippen LogP contribution >= 0.6 is 11.6 Å². The predicted molar refractivity (Wildman–Crippen MR) is 121 cm³/mol. The Labute approximate surface area is 184 Å². The minimum absolute atomic E-state index is 0.0309. The summed E-state index contributed by atoms with van der Waals surface area (Å²) >= 11 is 6.31. The lowest BCUT2D eigenvalue weighted by atomic mass is 10.1. The van der Waals surface area contributed by atoms with Crippen LogP contribution in [0.5, 0.6) is 5.75 Å². The first-order valence-electron chi connectivity index (χ1n) is 10.3. The van der Waals surface area contributed by atoms with Gasteiger partial charge in [0, 0.05) is 17.6 Å².